The minimum atomic E-state index is -1.50. The molecule has 0 unspecified atom stereocenters. The number of nitrogens with two attached hydrogens (primary N) is 1. The van der Waals surface area contributed by atoms with Gasteiger partial charge in [0, 0.05) is 0 Å². The minimum Gasteiger partial charge on any atom is -0.479 e. The highest BCUT2D eigenvalue weighted by atomic mass is 35.5. The molecule has 4 heteroatoms. The van der Waals surface area contributed by atoms with Gasteiger partial charge in [-0.05, 0) is 11.1 Å². The van der Waals surface area contributed by atoms with Crippen LogP contribution >= 0.6 is 12.4 Å². The van der Waals surface area contributed by atoms with Crippen molar-refractivity contribution in [2.75, 3.05) is 0 Å². The van der Waals surface area contributed by atoms with Crippen molar-refractivity contribution in [2.45, 2.75) is 5.54 Å². The number of rotatable bonds is 3. The molecule has 0 aliphatic heterocycles. The van der Waals surface area contributed by atoms with E-state index in [1.807, 2.05) is 12.1 Å². The zero-order valence-corrected chi connectivity index (χ0v) is 10.4. The smallest absolute Gasteiger partial charge is 0.333 e. The van der Waals surface area contributed by atoms with Crippen LogP contribution in [0.2, 0.25) is 0 Å². The lowest BCUT2D eigenvalue weighted by Crippen LogP contribution is -2.45. The molecular formula is C14H14ClNO2. The van der Waals surface area contributed by atoms with E-state index in [4.69, 9.17) is 5.73 Å². The molecule has 3 nitrogen and oxygen atoms in total. The molecule has 0 bridgehead atoms. The predicted molar refractivity (Wildman–Crippen MR) is 72.7 cm³/mol. The summed E-state index contributed by atoms with van der Waals surface area (Å²) in [6.45, 7) is 0. The molecule has 0 aromatic heterocycles. The zero-order valence-electron chi connectivity index (χ0n) is 9.61. The van der Waals surface area contributed by atoms with Crippen LogP contribution in [-0.4, -0.2) is 11.1 Å². The Morgan fingerprint density at radius 3 is 1.50 bits per heavy atom. The second kappa shape index (κ2) is 5.67. The lowest BCUT2D eigenvalue weighted by Gasteiger charge is -2.25. The van der Waals surface area contributed by atoms with Crippen LogP contribution in [0.15, 0.2) is 60.7 Å². The number of halogens is 1. The maximum Gasteiger partial charge on any atom is 0.333 e. The average molecular weight is 264 g/mol. The van der Waals surface area contributed by atoms with Gasteiger partial charge in [0.1, 0.15) is 0 Å². The van der Waals surface area contributed by atoms with E-state index in [0.717, 1.165) is 0 Å². The molecule has 0 radical (unpaired) electrons. The summed E-state index contributed by atoms with van der Waals surface area (Å²) in [4.78, 5) is 11.5. The first-order chi connectivity index (χ1) is 8.15. The van der Waals surface area contributed by atoms with Crippen molar-refractivity contribution in [3.05, 3.63) is 71.8 Å². The van der Waals surface area contributed by atoms with Crippen LogP contribution in [0.1, 0.15) is 11.1 Å². The second-order valence-corrected chi connectivity index (χ2v) is 3.85. The Morgan fingerprint density at radius 2 is 1.22 bits per heavy atom. The third-order valence-corrected chi connectivity index (χ3v) is 2.80. The molecule has 94 valence electrons. The van der Waals surface area contributed by atoms with Gasteiger partial charge in [-0.15, -0.1) is 12.4 Å². The third kappa shape index (κ3) is 2.37. The summed E-state index contributed by atoms with van der Waals surface area (Å²) in [5.74, 6) is -1.06. The SMILES string of the molecule is Cl.NC(C(=O)O)(c1ccccc1)c1ccccc1. The summed E-state index contributed by atoms with van der Waals surface area (Å²) < 4.78 is 0. The van der Waals surface area contributed by atoms with Crippen LogP contribution in [-0.2, 0) is 10.3 Å². The standard InChI is InChI=1S/C14H13NO2.ClH/c15-14(13(16)17,11-7-3-1-4-8-11)12-9-5-2-6-10-12;/h1-10H,15H2,(H,16,17);1H. The van der Waals surface area contributed by atoms with Crippen molar-refractivity contribution >= 4 is 18.4 Å². The highest BCUT2D eigenvalue weighted by Gasteiger charge is 2.37. The van der Waals surface area contributed by atoms with Gasteiger partial charge in [0.25, 0.3) is 0 Å². The first-order valence-electron chi connectivity index (χ1n) is 5.29. The summed E-state index contributed by atoms with van der Waals surface area (Å²) in [6, 6.07) is 17.7. The first kappa shape index (κ1) is 14.2. The van der Waals surface area contributed by atoms with Gasteiger partial charge in [-0.1, -0.05) is 60.7 Å². The Labute approximate surface area is 112 Å². The van der Waals surface area contributed by atoms with Crippen molar-refractivity contribution < 1.29 is 9.90 Å². The molecule has 0 atom stereocenters. The van der Waals surface area contributed by atoms with E-state index < -0.39 is 11.5 Å². The quantitative estimate of drug-likeness (QED) is 0.894. The van der Waals surface area contributed by atoms with E-state index in [1.165, 1.54) is 0 Å². The molecule has 0 saturated heterocycles. The monoisotopic (exact) mass is 263 g/mol. The molecule has 18 heavy (non-hydrogen) atoms. The number of aliphatic carboxylic acids is 1. The van der Waals surface area contributed by atoms with Crippen LogP contribution in [0.5, 0.6) is 0 Å². The van der Waals surface area contributed by atoms with Crippen LogP contribution in [0.3, 0.4) is 0 Å². The number of carboxylic acid groups (broad SMARTS) is 1. The largest absolute Gasteiger partial charge is 0.479 e. The molecule has 2 aromatic rings. The zero-order chi connectivity index (χ0) is 12.3. The molecule has 0 fully saturated rings. The van der Waals surface area contributed by atoms with Gasteiger partial charge in [0.15, 0.2) is 5.54 Å². The highest BCUT2D eigenvalue weighted by molar-refractivity contribution is 5.85. The fourth-order valence-corrected chi connectivity index (χ4v) is 1.82. The van der Waals surface area contributed by atoms with Crippen molar-refractivity contribution in [2.24, 2.45) is 5.73 Å². The van der Waals surface area contributed by atoms with Crippen molar-refractivity contribution in [3.63, 3.8) is 0 Å². The van der Waals surface area contributed by atoms with Gasteiger partial charge < -0.3 is 10.8 Å². The number of carboxylic acids is 1. The Hall–Kier alpha value is -1.84. The van der Waals surface area contributed by atoms with Crippen molar-refractivity contribution in [1.82, 2.24) is 0 Å². The summed E-state index contributed by atoms with van der Waals surface area (Å²) in [5, 5.41) is 9.41. The molecule has 0 spiro atoms. The Balaban J connectivity index is 0.00000162. The van der Waals surface area contributed by atoms with Crippen LogP contribution in [0.25, 0.3) is 0 Å². The van der Waals surface area contributed by atoms with Crippen LogP contribution in [0, 0.1) is 0 Å². The Kier molecular flexibility index (Phi) is 4.48. The van der Waals surface area contributed by atoms with Gasteiger partial charge in [0.2, 0.25) is 0 Å². The predicted octanol–water partition coefficient (Wildman–Crippen LogP) is 2.40. The number of carbonyl (C=O) groups is 1. The molecule has 2 rings (SSSR count). The summed E-state index contributed by atoms with van der Waals surface area (Å²) in [5.41, 5.74) is 5.72. The normalized spacial score (nSPS) is 10.5. The molecule has 0 amide bonds. The first-order valence-corrected chi connectivity index (χ1v) is 5.29. The molecule has 0 heterocycles. The van der Waals surface area contributed by atoms with Gasteiger partial charge in [-0.2, -0.15) is 0 Å². The number of hydrogen-bond acceptors (Lipinski definition) is 2. The lowest BCUT2D eigenvalue weighted by molar-refractivity contribution is -0.142. The van der Waals surface area contributed by atoms with Crippen LogP contribution < -0.4 is 5.73 Å². The van der Waals surface area contributed by atoms with Crippen molar-refractivity contribution in [1.29, 1.82) is 0 Å². The van der Waals surface area contributed by atoms with E-state index in [9.17, 15) is 9.90 Å². The minimum absolute atomic E-state index is 0. The summed E-state index contributed by atoms with van der Waals surface area (Å²) >= 11 is 0. The summed E-state index contributed by atoms with van der Waals surface area (Å²) in [6.07, 6.45) is 0. The fraction of sp³-hybridized carbons (Fsp3) is 0.0714. The lowest BCUT2D eigenvalue weighted by atomic mass is 9.84. The fourth-order valence-electron chi connectivity index (χ4n) is 1.82. The molecule has 2 aromatic carbocycles. The number of hydrogen-bond donors (Lipinski definition) is 2. The number of benzene rings is 2. The molecular weight excluding hydrogens is 250 g/mol. The average Bonchev–Trinajstić information content (AvgIpc) is 2.39. The van der Waals surface area contributed by atoms with E-state index in [1.54, 1.807) is 48.5 Å². The van der Waals surface area contributed by atoms with E-state index in [-0.39, 0.29) is 12.4 Å². The van der Waals surface area contributed by atoms with Gasteiger partial charge in [-0.25, -0.2) is 4.79 Å². The highest BCUT2D eigenvalue weighted by Crippen LogP contribution is 2.26. The molecule has 0 saturated carbocycles. The maximum atomic E-state index is 11.5. The van der Waals surface area contributed by atoms with E-state index >= 15 is 0 Å². The molecule has 0 aliphatic carbocycles. The van der Waals surface area contributed by atoms with Gasteiger partial charge in [-0.3, -0.25) is 0 Å². The summed E-state index contributed by atoms with van der Waals surface area (Å²) in [7, 11) is 0. The van der Waals surface area contributed by atoms with Crippen molar-refractivity contribution in [3.8, 4) is 0 Å². The second-order valence-electron chi connectivity index (χ2n) is 3.85. The van der Waals surface area contributed by atoms with Gasteiger partial charge >= 0.3 is 5.97 Å². The van der Waals surface area contributed by atoms with Gasteiger partial charge in [0.05, 0.1) is 0 Å². The third-order valence-electron chi connectivity index (χ3n) is 2.80. The molecule has 0 aliphatic rings. The van der Waals surface area contributed by atoms with Crippen LogP contribution in [0.4, 0.5) is 0 Å². The van der Waals surface area contributed by atoms with E-state index in [0.29, 0.717) is 11.1 Å². The van der Waals surface area contributed by atoms with E-state index in [2.05, 4.69) is 0 Å². The molecule has 3 N–H and O–H groups in total. The maximum absolute atomic E-state index is 11.5. The topological polar surface area (TPSA) is 63.3 Å². The Morgan fingerprint density at radius 1 is 0.889 bits per heavy atom. The Bertz CT molecular complexity index is 474.